The van der Waals surface area contributed by atoms with Crippen LogP contribution in [0.25, 0.3) is 6.08 Å². The molecule has 1 aliphatic rings. The van der Waals surface area contributed by atoms with Crippen molar-refractivity contribution >= 4 is 11.9 Å². The van der Waals surface area contributed by atoms with Gasteiger partial charge in [-0.1, -0.05) is 49.2 Å². The summed E-state index contributed by atoms with van der Waals surface area (Å²) in [6.45, 7) is 1.85. The molecule has 27 heavy (non-hydrogen) atoms. The maximum atomic E-state index is 11.8. The van der Waals surface area contributed by atoms with Gasteiger partial charge in [0.25, 0.3) is 0 Å². The summed E-state index contributed by atoms with van der Waals surface area (Å²) < 4.78 is 10.5. The molecule has 3 N–H and O–H groups in total. The number of carbonyl (C=O) groups is 1. The van der Waals surface area contributed by atoms with Gasteiger partial charge >= 0.3 is 5.97 Å². The van der Waals surface area contributed by atoms with E-state index in [0.29, 0.717) is 12.8 Å². The van der Waals surface area contributed by atoms with E-state index in [0.717, 1.165) is 24.8 Å². The normalized spacial score (nSPS) is 28.5. The van der Waals surface area contributed by atoms with E-state index in [1.165, 1.54) is 0 Å². The van der Waals surface area contributed by atoms with Crippen LogP contribution in [0.4, 0.5) is 0 Å². The Labute approximate surface area is 160 Å². The maximum Gasteiger partial charge on any atom is 0.308 e. The molecule has 0 unspecified atom stereocenters. The highest BCUT2D eigenvalue weighted by Gasteiger charge is 2.46. The first-order valence-electron chi connectivity index (χ1n) is 9.57. The van der Waals surface area contributed by atoms with Crippen LogP contribution in [0, 0.1) is 0 Å². The summed E-state index contributed by atoms with van der Waals surface area (Å²) in [5, 5.41) is 29.7. The summed E-state index contributed by atoms with van der Waals surface area (Å²) in [6, 6.07) is 9.70. The molecule has 2 rings (SSSR count). The topological polar surface area (TPSA) is 96.2 Å². The minimum Gasteiger partial charge on any atom is -0.390 e. The molecule has 4 atom stereocenters. The second-order valence-electron chi connectivity index (χ2n) is 7.00. The van der Waals surface area contributed by atoms with Crippen LogP contribution in [0.2, 0.25) is 0 Å². The lowest BCUT2D eigenvalue weighted by Gasteiger charge is -2.41. The number of hydrogen-bond acceptors (Lipinski definition) is 6. The van der Waals surface area contributed by atoms with Gasteiger partial charge in [0.2, 0.25) is 0 Å². The van der Waals surface area contributed by atoms with Gasteiger partial charge in [0.05, 0.1) is 18.8 Å². The molecule has 1 saturated heterocycles. The lowest BCUT2D eigenvalue weighted by Crippen LogP contribution is -2.57. The first-order chi connectivity index (χ1) is 12.9. The Balaban J connectivity index is 1.56. The molecule has 0 radical (unpaired) electrons. The number of unbranched alkanes of at least 4 members (excludes halogenated alkanes) is 3. The molecule has 150 valence electrons. The number of carbonyl (C=O) groups excluding carboxylic acids is 1. The first kappa shape index (κ1) is 21.7. The van der Waals surface area contributed by atoms with Gasteiger partial charge in [-0.2, -0.15) is 0 Å². The monoisotopic (exact) mass is 378 g/mol. The van der Waals surface area contributed by atoms with Crippen molar-refractivity contribution in [3.8, 4) is 0 Å². The summed E-state index contributed by atoms with van der Waals surface area (Å²) >= 11 is 0. The Morgan fingerprint density at radius 3 is 2.67 bits per heavy atom. The fraction of sp³-hybridized carbons (Fsp3) is 0.571. The van der Waals surface area contributed by atoms with Crippen LogP contribution in [-0.4, -0.2) is 52.0 Å². The van der Waals surface area contributed by atoms with Gasteiger partial charge in [-0.15, -0.1) is 0 Å². The first-order valence-corrected chi connectivity index (χ1v) is 9.57. The van der Waals surface area contributed by atoms with Gasteiger partial charge in [-0.05, 0) is 31.4 Å². The van der Waals surface area contributed by atoms with Crippen LogP contribution in [0.1, 0.15) is 51.0 Å². The van der Waals surface area contributed by atoms with Crippen LogP contribution < -0.4 is 0 Å². The highest BCUT2D eigenvalue weighted by molar-refractivity contribution is 5.93. The zero-order chi connectivity index (χ0) is 19.7. The van der Waals surface area contributed by atoms with Crippen LogP contribution in [0.15, 0.2) is 36.4 Å². The van der Waals surface area contributed by atoms with Crippen molar-refractivity contribution in [1.82, 2.24) is 0 Å². The lowest BCUT2D eigenvalue weighted by atomic mass is 10.0. The third kappa shape index (κ3) is 7.16. The zero-order valence-electron chi connectivity index (χ0n) is 15.8. The molecular formula is C21H30O6. The van der Waals surface area contributed by atoms with Crippen molar-refractivity contribution in [1.29, 1.82) is 0 Å². The van der Waals surface area contributed by atoms with Crippen molar-refractivity contribution < 1.29 is 29.6 Å². The van der Waals surface area contributed by atoms with E-state index in [2.05, 4.69) is 0 Å². The quantitative estimate of drug-likeness (QED) is 0.329. The zero-order valence-corrected chi connectivity index (χ0v) is 15.8. The smallest absolute Gasteiger partial charge is 0.308 e. The maximum absolute atomic E-state index is 11.8. The molecule has 0 aliphatic carbocycles. The summed E-state index contributed by atoms with van der Waals surface area (Å²) in [5.41, 5.74) is 1.01. The second-order valence-corrected chi connectivity index (χ2v) is 7.00. The molecule has 1 fully saturated rings. The molecule has 0 spiro atoms. The van der Waals surface area contributed by atoms with E-state index < -0.39 is 24.3 Å². The van der Waals surface area contributed by atoms with Crippen molar-refractivity contribution in [3.05, 3.63) is 42.0 Å². The van der Waals surface area contributed by atoms with Crippen molar-refractivity contribution in [2.75, 3.05) is 6.61 Å². The minimum atomic E-state index is -2.06. The van der Waals surface area contributed by atoms with Gasteiger partial charge in [0.1, 0.15) is 6.10 Å². The van der Waals surface area contributed by atoms with Gasteiger partial charge in [-0.3, -0.25) is 4.79 Å². The van der Waals surface area contributed by atoms with Gasteiger partial charge in [0, 0.05) is 12.8 Å². The molecule has 0 bridgehead atoms. The van der Waals surface area contributed by atoms with Crippen molar-refractivity contribution in [2.45, 2.75) is 69.7 Å². The largest absolute Gasteiger partial charge is 0.390 e. The number of ketones is 1. The number of benzene rings is 1. The van der Waals surface area contributed by atoms with Gasteiger partial charge < -0.3 is 24.8 Å². The summed E-state index contributed by atoms with van der Waals surface area (Å²) in [5.74, 6) is -1.95. The Kier molecular flexibility index (Phi) is 8.60. The highest BCUT2D eigenvalue weighted by atomic mass is 16.8. The molecule has 6 heteroatoms. The number of hydrogen-bond donors (Lipinski definition) is 3. The van der Waals surface area contributed by atoms with Crippen molar-refractivity contribution in [2.24, 2.45) is 0 Å². The standard InChI is InChI=1S/C21H30O6/c1-16-19(23)15-20(24)21(25,27-16)26-14-8-3-2-7-11-18(22)13-12-17-9-5-4-6-10-17/h4-6,9-10,12-13,16,19-20,23-25H,2-3,7-8,11,14-15H2,1H3/b13-12+/t16-,19+,20+,21-/m0/s1. The predicted octanol–water partition coefficient (Wildman–Crippen LogP) is 2.41. The van der Waals surface area contributed by atoms with Crippen LogP contribution >= 0.6 is 0 Å². The summed E-state index contributed by atoms with van der Waals surface area (Å²) in [6.07, 6.45) is 4.46. The Bertz CT molecular complexity index is 602. The third-order valence-corrected chi connectivity index (χ3v) is 4.67. The number of rotatable bonds is 10. The van der Waals surface area contributed by atoms with E-state index in [-0.39, 0.29) is 18.8 Å². The van der Waals surface area contributed by atoms with Crippen LogP contribution in [-0.2, 0) is 14.3 Å². The molecule has 6 nitrogen and oxygen atoms in total. The summed E-state index contributed by atoms with van der Waals surface area (Å²) in [7, 11) is 0. The molecule has 1 aliphatic heterocycles. The molecule has 0 saturated carbocycles. The van der Waals surface area contributed by atoms with Crippen molar-refractivity contribution in [3.63, 3.8) is 0 Å². The average Bonchev–Trinajstić information content (AvgIpc) is 2.65. The van der Waals surface area contributed by atoms with E-state index in [9.17, 15) is 20.1 Å². The SMILES string of the molecule is C[C@@H]1O[C@@](O)(OCCCCCCC(=O)/C=C/c2ccccc2)[C@H](O)C[C@H]1O. The number of aliphatic hydroxyl groups excluding tert-OH is 2. The van der Waals surface area contributed by atoms with Gasteiger partial charge in [-0.25, -0.2) is 0 Å². The molecule has 1 heterocycles. The fourth-order valence-electron chi connectivity index (χ4n) is 2.93. The van der Waals surface area contributed by atoms with Crippen LogP contribution in [0.5, 0.6) is 0 Å². The Morgan fingerprint density at radius 2 is 1.93 bits per heavy atom. The average molecular weight is 378 g/mol. The molecule has 1 aromatic rings. The van der Waals surface area contributed by atoms with E-state index >= 15 is 0 Å². The van der Waals surface area contributed by atoms with E-state index in [1.54, 1.807) is 13.0 Å². The molecule has 1 aromatic carbocycles. The number of ether oxygens (including phenoxy) is 2. The second kappa shape index (κ2) is 10.7. The third-order valence-electron chi connectivity index (χ3n) is 4.67. The number of aliphatic hydroxyl groups is 3. The van der Waals surface area contributed by atoms with E-state index in [4.69, 9.17) is 9.47 Å². The predicted molar refractivity (Wildman–Crippen MR) is 102 cm³/mol. The summed E-state index contributed by atoms with van der Waals surface area (Å²) in [4.78, 5) is 11.8. The highest BCUT2D eigenvalue weighted by Crippen LogP contribution is 2.28. The fourth-order valence-corrected chi connectivity index (χ4v) is 2.93. The molecule has 0 aromatic heterocycles. The Morgan fingerprint density at radius 1 is 1.22 bits per heavy atom. The van der Waals surface area contributed by atoms with Gasteiger partial charge in [0.15, 0.2) is 5.78 Å². The minimum absolute atomic E-state index is 0.0102. The van der Waals surface area contributed by atoms with E-state index in [1.807, 2.05) is 36.4 Å². The van der Waals surface area contributed by atoms with Crippen LogP contribution in [0.3, 0.4) is 0 Å². The lowest BCUT2D eigenvalue weighted by molar-refractivity contribution is -0.430. The molecule has 0 amide bonds. The number of allylic oxidation sites excluding steroid dienone is 1. The Hall–Kier alpha value is -1.57. The molecular weight excluding hydrogens is 348 g/mol.